The third kappa shape index (κ3) is 3.40. The first-order chi connectivity index (χ1) is 13.2. The van der Waals surface area contributed by atoms with Crippen LogP contribution in [0.3, 0.4) is 0 Å². The Morgan fingerprint density at radius 2 is 2.15 bits per heavy atom. The number of H-pyrrole nitrogens is 1. The van der Waals surface area contributed by atoms with Crippen molar-refractivity contribution in [2.24, 2.45) is 0 Å². The lowest BCUT2D eigenvalue weighted by molar-refractivity contribution is 0.399. The Balaban J connectivity index is 1.61. The van der Waals surface area contributed by atoms with Crippen LogP contribution in [0.4, 0.5) is 0 Å². The van der Waals surface area contributed by atoms with Crippen LogP contribution < -0.4 is 0 Å². The van der Waals surface area contributed by atoms with Crippen molar-refractivity contribution in [1.82, 2.24) is 30.2 Å². The molecule has 0 saturated heterocycles. The van der Waals surface area contributed by atoms with E-state index >= 15 is 0 Å². The lowest BCUT2D eigenvalue weighted by Gasteiger charge is -2.14. The summed E-state index contributed by atoms with van der Waals surface area (Å²) < 4.78 is 1.84. The maximum atomic E-state index is 10.7. The van der Waals surface area contributed by atoms with Gasteiger partial charge in [-0.15, -0.1) is 5.10 Å². The molecule has 3 aromatic rings. The second kappa shape index (κ2) is 7.40. The van der Waals surface area contributed by atoms with Gasteiger partial charge in [-0.1, -0.05) is 36.7 Å². The fraction of sp³-hybridized carbons (Fsp3) is 0.389. The van der Waals surface area contributed by atoms with Gasteiger partial charge < -0.3 is 10.1 Å². The van der Waals surface area contributed by atoms with E-state index in [0.29, 0.717) is 17.0 Å². The molecule has 0 bridgehead atoms. The summed E-state index contributed by atoms with van der Waals surface area (Å²) in [5.74, 6) is 0.321. The van der Waals surface area contributed by atoms with E-state index < -0.39 is 0 Å². The van der Waals surface area contributed by atoms with E-state index in [4.69, 9.17) is 0 Å². The molecule has 2 aromatic heterocycles. The van der Waals surface area contributed by atoms with Crippen LogP contribution in [0, 0.1) is 11.3 Å². The van der Waals surface area contributed by atoms with Crippen LogP contribution in [0.1, 0.15) is 44.5 Å². The lowest BCUT2D eigenvalue weighted by atomic mass is 10.2. The summed E-state index contributed by atoms with van der Waals surface area (Å²) in [5, 5.41) is 32.6. The van der Waals surface area contributed by atoms with Gasteiger partial charge in [-0.05, 0) is 42.3 Å². The number of hydrogen-bond donors (Lipinski definition) is 2. The third-order valence-electron chi connectivity index (χ3n) is 4.79. The molecule has 4 rings (SSSR count). The largest absolute Gasteiger partial charge is 0.510 e. The zero-order chi connectivity index (χ0) is 18.8. The van der Waals surface area contributed by atoms with Crippen LogP contribution in [0.2, 0.25) is 0 Å². The zero-order valence-electron chi connectivity index (χ0n) is 14.8. The van der Waals surface area contributed by atoms with Crippen molar-refractivity contribution >= 4 is 28.4 Å². The molecular formula is C18H19N7OS. The maximum absolute atomic E-state index is 10.7. The molecule has 1 saturated carbocycles. The first-order valence-corrected chi connectivity index (χ1v) is 9.78. The quantitative estimate of drug-likeness (QED) is 0.394. The number of aliphatic hydroxyl groups is 1. The number of aliphatic hydroxyl groups excluding tert-OH is 1. The molecule has 8 nitrogen and oxygen atoms in total. The van der Waals surface area contributed by atoms with Gasteiger partial charge in [0.2, 0.25) is 5.16 Å². The van der Waals surface area contributed by atoms with E-state index in [2.05, 4.69) is 31.6 Å². The number of allylic oxidation sites excluding steroid dienone is 1. The highest BCUT2D eigenvalue weighted by Gasteiger charge is 2.25. The van der Waals surface area contributed by atoms with E-state index in [1.54, 1.807) is 0 Å². The van der Waals surface area contributed by atoms with Crippen molar-refractivity contribution in [3.05, 3.63) is 35.8 Å². The first-order valence-electron chi connectivity index (χ1n) is 8.90. The molecule has 0 amide bonds. The molecule has 9 heteroatoms. The Morgan fingerprint density at radius 1 is 1.37 bits per heavy atom. The Bertz CT molecular complexity index is 993. The van der Waals surface area contributed by atoms with Gasteiger partial charge in [0.05, 0.1) is 22.3 Å². The highest BCUT2D eigenvalue weighted by molar-refractivity contribution is 7.99. The van der Waals surface area contributed by atoms with Crippen molar-refractivity contribution < 1.29 is 5.11 Å². The van der Waals surface area contributed by atoms with Crippen LogP contribution in [0.15, 0.2) is 35.2 Å². The number of hydrogen-bond acceptors (Lipinski definition) is 7. The minimum atomic E-state index is -0.390. The molecule has 0 radical (unpaired) electrons. The first kappa shape index (κ1) is 17.5. The molecular weight excluding hydrogens is 362 g/mol. The number of tetrazole rings is 1. The number of fused-ring (bicyclic) bond motifs is 1. The van der Waals surface area contributed by atoms with Crippen molar-refractivity contribution in [2.75, 3.05) is 0 Å². The van der Waals surface area contributed by atoms with Gasteiger partial charge in [-0.2, -0.15) is 5.26 Å². The summed E-state index contributed by atoms with van der Waals surface area (Å²) in [7, 11) is 0. The van der Waals surface area contributed by atoms with Crippen LogP contribution in [0.25, 0.3) is 16.6 Å². The van der Waals surface area contributed by atoms with Crippen LogP contribution in [0.5, 0.6) is 0 Å². The van der Waals surface area contributed by atoms with Gasteiger partial charge in [0.1, 0.15) is 17.4 Å². The predicted octanol–water partition coefficient (Wildman–Crippen LogP) is 3.64. The number of nitrogens with zero attached hydrogens (tertiary/aromatic N) is 6. The molecule has 2 N–H and O–H groups in total. The monoisotopic (exact) mass is 381 g/mol. The summed E-state index contributed by atoms with van der Waals surface area (Å²) in [5.41, 5.74) is 1.70. The average Bonchev–Trinajstić information content (AvgIpc) is 3.42. The van der Waals surface area contributed by atoms with Crippen molar-refractivity contribution in [3.63, 3.8) is 0 Å². The molecule has 1 aliphatic carbocycles. The standard InChI is InChI=1S/C18H19N7OS/c1-11(27-18-22-23-24-25(18)12-6-2-3-7-12)16(26)13(10-19)17-20-14-8-4-5-9-15(14)21-17/h4-5,8-9,11-12,26H,2-3,6-7H2,1H3,(H,20,21). The van der Waals surface area contributed by atoms with Gasteiger partial charge in [-0.25, -0.2) is 9.67 Å². The van der Waals surface area contributed by atoms with Gasteiger partial charge >= 0.3 is 0 Å². The predicted molar refractivity (Wildman–Crippen MR) is 102 cm³/mol. The van der Waals surface area contributed by atoms with E-state index in [1.807, 2.05) is 35.9 Å². The number of imidazole rings is 1. The molecule has 0 spiro atoms. The summed E-state index contributed by atoms with van der Waals surface area (Å²) in [6.07, 6.45) is 4.49. The highest BCUT2D eigenvalue weighted by Crippen LogP contribution is 2.34. The van der Waals surface area contributed by atoms with Crippen LogP contribution >= 0.6 is 11.8 Å². The molecule has 1 atom stereocenters. The molecule has 1 unspecified atom stereocenters. The Labute approximate surface area is 160 Å². The number of para-hydroxylation sites is 2. The fourth-order valence-corrected chi connectivity index (χ4v) is 4.28. The molecule has 27 heavy (non-hydrogen) atoms. The SMILES string of the molecule is CC(Sc1nnnn1C1CCCC1)C(O)=C(C#N)c1nc2ccccc2[nH]1. The summed E-state index contributed by atoms with van der Waals surface area (Å²) in [6.45, 7) is 1.83. The van der Waals surface area contributed by atoms with E-state index in [1.165, 1.54) is 24.6 Å². The van der Waals surface area contributed by atoms with Crippen molar-refractivity contribution in [3.8, 4) is 6.07 Å². The zero-order valence-corrected chi connectivity index (χ0v) is 15.6. The number of aromatic amines is 1. The maximum Gasteiger partial charge on any atom is 0.210 e. The Hall–Kier alpha value is -2.86. The van der Waals surface area contributed by atoms with Crippen molar-refractivity contribution in [1.29, 1.82) is 5.26 Å². The molecule has 0 aliphatic heterocycles. The molecule has 2 heterocycles. The molecule has 138 valence electrons. The summed E-state index contributed by atoms with van der Waals surface area (Å²) >= 11 is 1.34. The number of nitrogens with one attached hydrogen (secondary N) is 1. The smallest absolute Gasteiger partial charge is 0.210 e. The Kier molecular flexibility index (Phi) is 4.81. The highest BCUT2D eigenvalue weighted by atomic mass is 32.2. The summed E-state index contributed by atoms with van der Waals surface area (Å²) in [6, 6.07) is 9.89. The van der Waals surface area contributed by atoms with Crippen molar-refractivity contribution in [2.45, 2.75) is 49.1 Å². The van der Waals surface area contributed by atoms with Crippen LogP contribution in [-0.4, -0.2) is 40.5 Å². The summed E-state index contributed by atoms with van der Waals surface area (Å²) in [4.78, 5) is 7.51. The van der Waals surface area contributed by atoms with E-state index in [0.717, 1.165) is 23.9 Å². The van der Waals surface area contributed by atoms with Gasteiger partial charge in [-0.3, -0.25) is 0 Å². The number of thioether (sulfide) groups is 1. The van der Waals surface area contributed by atoms with E-state index in [9.17, 15) is 10.4 Å². The second-order valence-electron chi connectivity index (χ2n) is 6.58. The van der Waals surface area contributed by atoms with Gasteiger partial charge in [0.25, 0.3) is 0 Å². The normalized spacial score (nSPS) is 17.0. The minimum Gasteiger partial charge on any atom is -0.510 e. The van der Waals surface area contributed by atoms with Crippen LogP contribution in [-0.2, 0) is 0 Å². The molecule has 1 aliphatic rings. The number of benzene rings is 1. The second-order valence-corrected chi connectivity index (χ2v) is 7.89. The topological polar surface area (TPSA) is 116 Å². The fourth-order valence-electron chi connectivity index (χ4n) is 3.36. The van der Waals surface area contributed by atoms with E-state index in [-0.39, 0.29) is 16.6 Å². The lowest BCUT2D eigenvalue weighted by Crippen LogP contribution is -2.11. The minimum absolute atomic E-state index is 0.0393. The number of aromatic nitrogens is 6. The Morgan fingerprint density at radius 3 is 2.89 bits per heavy atom. The third-order valence-corrected chi connectivity index (χ3v) is 5.85. The average molecular weight is 381 g/mol. The number of rotatable bonds is 5. The molecule has 1 aromatic carbocycles. The van der Waals surface area contributed by atoms with Gasteiger partial charge in [0, 0.05) is 0 Å². The molecule has 1 fully saturated rings. The number of nitriles is 1. The van der Waals surface area contributed by atoms with Gasteiger partial charge in [0.15, 0.2) is 5.82 Å².